The maximum atomic E-state index is 9.57. The topological polar surface area (TPSA) is 67.2 Å². The minimum absolute atomic E-state index is 0.00213. The van der Waals surface area contributed by atoms with E-state index < -0.39 is 0 Å². The number of anilines is 6. The van der Waals surface area contributed by atoms with Crippen LogP contribution in [0.5, 0.6) is 0 Å². The van der Waals surface area contributed by atoms with E-state index in [4.69, 9.17) is 0 Å². The molecule has 0 aliphatic carbocycles. The minimum atomic E-state index is -0.00213. The third-order valence-corrected chi connectivity index (χ3v) is 8.32. The summed E-state index contributed by atoms with van der Waals surface area (Å²) in [7, 11) is 0. The lowest BCUT2D eigenvalue weighted by atomic mass is 10.0. The second-order valence-electron chi connectivity index (χ2n) is 11.3. The maximum Gasteiger partial charge on any atom is 0.0681 e. The monoisotopic (exact) mass is 606 g/mol. The summed E-state index contributed by atoms with van der Waals surface area (Å²) in [6.45, 7) is 2.17. The Morgan fingerprint density at radius 1 is 0.326 bits per heavy atom. The summed E-state index contributed by atoms with van der Waals surface area (Å²) < 4.78 is 0. The van der Waals surface area contributed by atoms with Crippen LogP contribution in [0.25, 0.3) is 11.1 Å². The number of hydrogen-bond donors (Lipinski definition) is 3. The molecule has 6 aromatic rings. The van der Waals surface area contributed by atoms with Crippen molar-refractivity contribution in [3.05, 3.63) is 168 Å². The van der Waals surface area contributed by atoms with Crippen molar-refractivity contribution in [2.45, 2.75) is 33.2 Å². The average Bonchev–Trinajstić information content (AvgIpc) is 3.13. The van der Waals surface area contributed by atoms with Crippen LogP contribution in [-0.4, -0.2) is 15.3 Å². The summed E-state index contributed by atoms with van der Waals surface area (Å²) >= 11 is 0. The highest BCUT2D eigenvalue weighted by molar-refractivity contribution is 5.81. The fourth-order valence-corrected chi connectivity index (χ4v) is 5.63. The summed E-state index contributed by atoms with van der Waals surface area (Å²) in [4.78, 5) is 4.40. The van der Waals surface area contributed by atoms with Crippen LogP contribution in [0.4, 0.5) is 34.1 Å². The zero-order valence-corrected chi connectivity index (χ0v) is 25.9. The van der Waals surface area contributed by atoms with Crippen molar-refractivity contribution < 1.29 is 15.3 Å². The molecule has 0 aliphatic rings. The second-order valence-corrected chi connectivity index (χ2v) is 11.3. The highest BCUT2D eigenvalue weighted by Gasteiger charge is 2.15. The van der Waals surface area contributed by atoms with Crippen LogP contribution in [0.2, 0.25) is 0 Å². The van der Waals surface area contributed by atoms with E-state index in [2.05, 4.69) is 89.5 Å². The van der Waals surface area contributed by atoms with E-state index in [9.17, 15) is 15.3 Å². The lowest BCUT2D eigenvalue weighted by molar-refractivity contribution is 0.281. The van der Waals surface area contributed by atoms with Gasteiger partial charge in [-0.05, 0) is 113 Å². The first-order chi connectivity index (χ1) is 22.6. The molecular formula is C41H38N2O3. The van der Waals surface area contributed by atoms with E-state index in [0.717, 1.165) is 68.4 Å². The molecule has 0 saturated carbocycles. The molecular weight excluding hydrogens is 568 g/mol. The summed E-state index contributed by atoms with van der Waals surface area (Å²) in [5, 5.41) is 28.7. The van der Waals surface area contributed by atoms with Crippen molar-refractivity contribution in [1.29, 1.82) is 0 Å². The van der Waals surface area contributed by atoms with Gasteiger partial charge in [-0.15, -0.1) is 0 Å². The van der Waals surface area contributed by atoms with Gasteiger partial charge in [-0.1, -0.05) is 79.7 Å². The summed E-state index contributed by atoms with van der Waals surface area (Å²) in [6, 6.07) is 49.6. The first kappa shape index (κ1) is 30.8. The fourth-order valence-electron chi connectivity index (χ4n) is 5.63. The lowest BCUT2D eigenvalue weighted by Crippen LogP contribution is -2.10. The summed E-state index contributed by atoms with van der Waals surface area (Å²) in [5.74, 6) is 0. The number of hydrogen-bond acceptors (Lipinski definition) is 5. The SMILES string of the molecule is CCc1ccc(N(c2ccc(CO)cc2)c2ccc(-c3ccc(N(c4ccc(CO)cc4)c4ccc(CO)cc4)cc3)cc2)cc1. The number of aliphatic hydroxyl groups excluding tert-OH is 3. The number of rotatable bonds is 11. The Kier molecular flexibility index (Phi) is 9.56. The van der Waals surface area contributed by atoms with Crippen LogP contribution in [0, 0.1) is 0 Å². The van der Waals surface area contributed by atoms with E-state index in [1.165, 1.54) is 5.56 Å². The lowest BCUT2D eigenvalue weighted by Gasteiger charge is -2.26. The molecule has 0 bridgehead atoms. The van der Waals surface area contributed by atoms with Crippen molar-refractivity contribution in [1.82, 2.24) is 0 Å². The van der Waals surface area contributed by atoms with Crippen LogP contribution in [0.15, 0.2) is 146 Å². The molecule has 0 amide bonds. The van der Waals surface area contributed by atoms with Crippen molar-refractivity contribution in [3.63, 3.8) is 0 Å². The highest BCUT2D eigenvalue weighted by atomic mass is 16.3. The zero-order chi connectivity index (χ0) is 31.9. The molecule has 6 rings (SSSR count). The fraction of sp³-hybridized carbons (Fsp3) is 0.122. The van der Waals surface area contributed by atoms with Gasteiger partial charge in [-0.2, -0.15) is 0 Å². The molecule has 0 aliphatic heterocycles. The average molecular weight is 607 g/mol. The smallest absolute Gasteiger partial charge is 0.0681 e. The Morgan fingerprint density at radius 2 is 0.543 bits per heavy atom. The van der Waals surface area contributed by atoms with Gasteiger partial charge in [0.15, 0.2) is 0 Å². The van der Waals surface area contributed by atoms with Crippen LogP contribution >= 0.6 is 0 Å². The number of aliphatic hydroxyl groups is 3. The van der Waals surface area contributed by atoms with Gasteiger partial charge in [-0.25, -0.2) is 0 Å². The van der Waals surface area contributed by atoms with E-state index in [1.807, 2.05) is 72.8 Å². The van der Waals surface area contributed by atoms with Gasteiger partial charge in [-0.3, -0.25) is 0 Å². The van der Waals surface area contributed by atoms with Crippen molar-refractivity contribution in [2.24, 2.45) is 0 Å². The molecule has 6 aromatic carbocycles. The van der Waals surface area contributed by atoms with Gasteiger partial charge in [0.25, 0.3) is 0 Å². The number of aryl methyl sites for hydroxylation is 1. The second kappa shape index (κ2) is 14.3. The first-order valence-corrected chi connectivity index (χ1v) is 15.6. The van der Waals surface area contributed by atoms with Gasteiger partial charge in [0.1, 0.15) is 0 Å². The molecule has 0 saturated heterocycles. The third-order valence-electron chi connectivity index (χ3n) is 8.32. The first-order valence-electron chi connectivity index (χ1n) is 15.6. The van der Waals surface area contributed by atoms with Gasteiger partial charge in [0.05, 0.1) is 19.8 Å². The molecule has 0 aromatic heterocycles. The van der Waals surface area contributed by atoms with E-state index >= 15 is 0 Å². The predicted molar refractivity (Wildman–Crippen MR) is 188 cm³/mol. The molecule has 0 unspecified atom stereocenters. The minimum Gasteiger partial charge on any atom is -0.392 e. The maximum absolute atomic E-state index is 9.57. The Bertz CT molecular complexity index is 1600. The van der Waals surface area contributed by atoms with Crippen molar-refractivity contribution in [2.75, 3.05) is 9.80 Å². The van der Waals surface area contributed by atoms with Gasteiger partial charge < -0.3 is 25.1 Å². The Labute approximate surface area is 270 Å². The molecule has 5 heteroatoms. The van der Waals surface area contributed by atoms with Crippen LogP contribution in [-0.2, 0) is 26.2 Å². The number of nitrogens with zero attached hydrogens (tertiary/aromatic N) is 2. The number of benzene rings is 6. The molecule has 5 nitrogen and oxygen atoms in total. The highest BCUT2D eigenvalue weighted by Crippen LogP contribution is 2.38. The Morgan fingerprint density at radius 3 is 0.761 bits per heavy atom. The van der Waals surface area contributed by atoms with Gasteiger partial charge >= 0.3 is 0 Å². The van der Waals surface area contributed by atoms with E-state index in [0.29, 0.717) is 0 Å². The predicted octanol–water partition coefficient (Wildman–Crippen LogP) is 9.33. The van der Waals surface area contributed by atoms with E-state index in [1.54, 1.807) is 0 Å². The Hall–Kier alpha value is -5.20. The molecule has 46 heavy (non-hydrogen) atoms. The summed E-state index contributed by atoms with van der Waals surface area (Å²) in [6.07, 6.45) is 0.989. The molecule has 230 valence electrons. The molecule has 0 atom stereocenters. The molecule has 0 fully saturated rings. The van der Waals surface area contributed by atoms with Gasteiger partial charge in [0, 0.05) is 34.1 Å². The molecule has 0 radical (unpaired) electrons. The Balaban J connectivity index is 1.31. The summed E-state index contributed by atoms with van der Waals surface area (Å²) in [5.41, 5.74) is 12.2. The third kappa shape index (κ3) is 6.72. The van der Waals surface area contributed by atoms with Crippen LogP contribution in [0.1, 0.15) is 29.2 Å². The standard InChI is InChI=1S/C41H38N2O3/c1-2-30-3-15-36(16-4-30)42(37-17-5-31(27-44)6-18-37)40-23-11-34(12-24-40)35-13-25-41(26-14-35)43(38-19-7-32(28-45)8-20-38)39-21-9-33(29-46)10-22-39/h3-26,44-46H,2,27-29H2,1H3. The normalized spacial score (nSPS) is 11.0. The van der Waals surface area contributed by atoms with Crippen LogP contribution < -0.4 is 9.80 Å². The zero-order valence-electron chi connectivity index (χ0n) is 25.9. The van der Waals surface area contributed by atoms with Crippen molar-refractivity contribution in [3.8, 4) is 11.1 Å². The molecule has 0 heterocycles. The molecule has 3 N–H and O–H groups in total. The quantitative estimate of drug-likeness (QED) is 0.137. The molecule has 0 spiro atoms. The van der Waals surface area contributed by atoms with Crippen LogP contribution in [0.3, 0.4) is 0 Å². The van der Waals surface area contributed by atoms with E-state index in [-0.39, 0.29) is 19.8 Å². The van der Waals surface area contributed by atoms with Crippen molar-refractivity contribution >= 4 is 34.1 Å². The largest absolute Gasteiger partial charge is 0.392 e. The van der Waals surface area contributed by atoms with Gasteiger partial charge in [0.2, 0.25) is 0 Å².